The van der Waals surface area contributed by atoms with Crippen LogP contribution in [0.5, 0.6) is 0 Å². The van der Waals surface area contributed by atoms with Gasteiger partial charge in [0.05, 0.1) is 17.4 Å². The van der Waals surface area contributed by atoms with Crippen LogP contribution in [-0.4, -0.2) is 25.2 Å². The molecular formula is C11H12BrFO4S. The van der Waals surface area contributed by atoms with Gasteiger partial charge in [-0.15, -0.1) is 0 Å². The number of carboxylic acids is 1. The minimum Gasteiger partial charge on any atom is -0.481 e. The smallest absolute Gasteiger partial charge is 0.307 e. The van der Waals surface area contributed by atoms with E-state index in [0.717, 1.165) is 6.07 Å². The molecule has 0 aliphatic rings. The standard InChI is InChI=1S/C11H12BrFO4S/c1-7(11(14)15)5-18(16,17)6-8-4-9(12)2-3-10(8)13/h2-4,7H,5-6H2,1H3,(H,14,15). The van der Waals surface area contributed by atoms with Crippen LogP contribution in [0.2, 0.25) is 0 Å². The van der Waals surface area contributed by atoms with E-state index in [0.29, 0.717) is 4.47 Å². The summed E-state index contributed by atoms with van der Waals surface area (Å²) in [6.45, 7) is 1.30. The van der Waals surface area contributed by atoms with Crippen molar-refractivity contribution in [1.29, 1.82) is 0 Å². The Bertz CT molecular complexity index is 556. The fourth-order valence-electron chi connectivity index (χ4n) is 1.40. The first kappa shape index (κ1) is 15.1. The molecule has 0 bridgehead atoms. The normalized spacial score (nSPS) is 13.3. The Morgan fingerprint density at radius 3 is 2.67 bits per heavy atom. The summed E-state index contributed by atoms with van der Waals surface area (Å²) in [5.74, 6) is -3.83. The van der Waals surface area contributed by atoms with Crippen molar-refractivity contribution in [2.75, 3.05) is 5.75 Å². The van der Waals surface area contributed by atoms with E-state index in [1.165, 1.54) is 19.1 Å². The Labute approximate surface area is 113 Å². The van der Waals surface area contributed by atoms with Gasteiger partial charge in [-0.1, -0.05) is 22.9 Å². The molecule has 0 amide bonds. The number of hydrogen-bond acceptors (Lipinski definition) is 3. The third kappa shape index (κ3) is 4.38. The highest BCUT2D eigenvalue weighted by Crippen LogP contribution is 2.19. The monoisotopic (exact) mass is 338 g/mol. The van der Waals surface area contributed by atoms with Gasteiger partial charge < -0.3 is 5.11 Å². The highest BCUT2D eigenvalue weighted by Gasteiger charge is 2.22. The second kappa shape index (κ2) is 5.79. The van der Waals surface area contributed by atoms with Gasteiger partial charge in [-0.3, -0.25) is 4.79 Å². The van der Waals surface area contributed by atoms with E-state index in [4.69, 9.17) is 5.11 Å². The number of hydrogen-bond donors (Lipinski definition) is 1. The molecule has 1 aromatic carbocycles. The number of benzene rings is 1. The van der Waals surface area contributed by atoms with Crippen molar-refractivity contribution >= 4 is 31.7 Å². The first-order chi connectivity index (χ1) is 8.21. The van der Waals surface area contributed by atoms with Crippen molar-refractivity contribution in [3.8, 4) is 0 Å². The lowest BCUT2D eigenvalue weighted by molar-refractivity contribution is -0.140. The lowest BCUT2D eigenvalue weighted by atomic mass is 10.2. The van der Waals surface area contributed by atoms with E-state index in [9.17, 15) is 17.6 Å². The molecule has 1 atom stereocenters. The number of halogens is 2. The summed E-state index contributed by atoms with van der Waals surface area (Å²) >= 11 is 3.12. The molecule has 1 rings (SSSR count). The zero-order valence-electron chi connectivity index (χ0n) is 9.56. The van der Waals surface area contributed by atoms with Crippen LogP contribution in [0.15, 0.2) is 22.7 Å². The zero-order valence-corrected chi connectivity index (χ0v) is 12.0. The Hall–Kier alpha value is -0.950. The van der Waals surface area contributed by atoms with E-state index in [2.05, 4.69) is 15.9 Å². The average molecular weight is 339 g/mol. The van der Waals surface area contributed by atoms with Gasteiger partial charge in [0.1, 0.15) is 5.82 Å². The quantitative estimate of drug-likeness (QED) is 0.893. The maximum absolute atomic E-state index is 13.4. The average Bonchev–Trinajstić information content (AvgIpc) is 2.22. The molecule has 0 heterocycles. The lowest BCUT2D eigenvalue weighted by Gasteiger charge is -2.08. The van der Waals surface area contributed by atoms with Crippen molar-refractivity contribution in [3.63, 3.8) is 0 Å². The molecular weight excluding hydrogens is 327 g/mol. The molecule has 0 spiro atoms. The van der Waals surface area contributed by atoms with Gasteiger partial charge in [-0.2, -0.15) is 0 Å². The Morgan fingerprint density at radius 2 is 2.11 bits per heavy atom. The number of carbonyl (C=O) groups is 1. The van der Waals surface area contributed by atoms with Gasteiger partial charge in [0, 0.05) is 10.0 Å². The largest absolute Gasteiger partial charge is 0.481 e. The molecule has 0 fully saturated rings. The van der Waals surface area contributed by atoms with Gasteiger partial charge in [0.2, 0.25) is 0 Å². The highest BCUT2D eigenvalue weighted by molar-refractivity contribution is 9.10. The van der Waals surface area contributed by atoms with E-state index >= 15 is 0 Å². The van der Waals surface area contributed by atoms with Crippen LogP contribution >= 0.6 is 15.9 Å². The molecule has 100 valence electrons. The van der Waals surface area contributed by atoms with E-state index in [1.807, 2.05) is 0 Å². The summed E-state index contributed by atoms with van der Waals surface area (Å²) in [6.07, 6.45) is 0. The van der Waals surface area contributed by atoms with Gasteiger partial charge in [-0.25, -0.2) is 12.8 Å². The second-order valence-electron chi connectivity index (χ2n) is 4.03. The Morgan fingerprint density at radius 1 is 1.50 bits per heavy atom. The number of sulfone groups is 1. The van der Waals surface area contributed by atoms with Crippen molar-refractivity contribution < 1.29 is 22.7 Å². The summed E-state index contributed by atoms with van der Waals surface area (Å²) in [7, 11) is -3.66. The van der Waals surface area contributed by atoms with Gasteiger partial charge in [-0.05, 0) is 18.2 Å². The van der Waals surface area contributed by atoms with Crippen molar-refractivity contribution in [2.24, 2.45) is 5.92 Å². The predicted molar refractivity (Wildman–Crippen MR) is 68.4 cm³/mol. The lowest BCUT2D eigenvalue weighted by Crippen LogP contribution is -2.22. The topological polar surface area (TPSA) is 71.4 Å². The molecule has 0 saturated carbocycles. The van der Waals surface area contributed by atoms with Crippen LogP contribution in [0.3, 0.4) is 0 Å². The third-order valence-electron chi connectivity index (χ3n) is 2.31. The first-order valence-electron chi connectivity index (χ1n) is 5.08. The first-order valence-corrected chi connectivity index (χ1v) is 7.70. The maximum Gasteiger partial charge on any atom is 0.307 e. The van der Waals surface area contributed by atoms with Crippen LogP contribution in [0.1, 0.15) is 12.5 Å². The van der Waals surface area contributed by atoms with Crippen LogP contribution in [-0.2, 0) is 20.4 Å². The predicted octanol–water partition coefficient (Wildman–Crippen LogP) is 2.22. The SMILES string of the molecule is CC(CS(=O)(=O)Cc1cc(Br)ccc1F)C(=O)O. The zero-order chi connectivity index (χ0) is 13.9. The third-order valence-corrected chi connectivity index (χ3v) is 4.56. The van der Waals surface area contributed by atoms with Crippen molar-refractivity contribution in [1.82, 2.24) is 0 Å². The summed E-state index contributed by atoms with van der Waals surface area (Å²) in [5.41, 5.74) is 0.0296. The number of rotatable bonds is 5. The summed E-state index contributed by atoms with van der Waals surface area (Å²) < 4.78 is 37.4. The van der Waals surface area contributed by atoms with Gasteiger partial charge in [0.15, 0.2) is 9.84 Å². The molecule has 1 unspecified atom stereocenters. The van der Waals surface area contributed by atoms with Crippen LogP contribution < -0.4 is 0 Å². The molecule has 0 aliphatic heterocycles. The van der Waals surface area contributed by atoms with Crippen LogP contribution in [0.4, 0.5) is 4.39 Å². The molecule has 1 aromatic rings. The van der Waals surface area contributed by atoms with E-state index < -0.39 is 39.0 Å². The fourth-order valence-corrected chi connectivity index (χ4v) is 3.53. The van der Waals surface area contributed by atoms with Crippen molar-refractivity contribution in [2.45, 2.75) is 12.7 Å². The minimum absolute atomic E-state index is 0.0296. The minimum atomic E-state index is -3.66. The van der Waals surface area contributed by atoms with E-state index in [-0.39, 0.29) is 5.56 Å². The fraction of sp³-hybridized carbons (Fsp3) is 0.364. The molecule has 0 aliphatic carbocycles. The molecule has 4 nitrogen and oxygen atoms in total. The molecule has 18 heavy (non-hydrogen) atoms. The summed E-state index contributed by atoms with van der Waals surface area (Å²) in [6, 6.07) is 4.00. The summed E-state index contributed by atoms with van der Waals surface area (Å²) in [5, 5.41) is 8.66. The molecule has 0 radical (unpaired) electrons. The van der Waals surface area contributed by atoms with Crippen LogP contribution in [0, 0.1) is 11.7 Å². The number of carboxylic acid groups (broad SMARTS) is 1. The highest BCUT2D eigenvalue weighted by atomic mass is 79.9. The van der Waals surface area contributed by atoms with Crippen molar-refractivity contribution in [3.05, 3.63) is 34.1 Å². The second-order valence-corrected chi connectivity index (χ2v) is 7.05. The molecule has 1 N–H and O–H groups in total. The van der Waals surface area contributed by atoms with E-state index in [1.54, 1.807) is 0 Å². The number of aliphatic carboxylic acids is 1. The summed E-state index contributed by atoms with van der Waals surface area (Å²) in [4.78, 5) is 10.6. The Kier molecular flexibility index (Phi) is 4.86. The van der Waals surface area contributed by atoms with Crippen LogP contribution in [0.25, 0.3) is 0 Å². The molecule has 7 heteroatoms. The van der Waals surface area contributed by atoms with Gasteiger partial charge >= 0.3 is 5.97 Å². The maximum atomic E-state index is 13.4. The molecule has 0 saturated heterocycles. The molecule has 0 aromatic heterocycles. The van der Waals surface area contributed by atoms with Gasteiger partial charge in [0.25, 0.3) is 0 Å². The Balaban J connectivity index is 2.89.